The van der Waals surface area contributed by atoms with Crippen molar-refractivity contribution in [2.24, 2.45) is 0 Å². The molecule has 1 aromatic carbocycles. The molecule has 1 aromatic rings. The second-order valence-corrected chi connectivity index (χ2v) is 6.08. The lowest BCUT2D eigenvalue weighted by Crippen LogP contribution is -2.42. The van der Waals surface area contributed by atoms with Gasteiger partial charge in [-0.1, -0.05) is 12.1 Å². The molecule has 0 aliphatic heterocycles. The first-order valence-electron chi connectivity index (χ1n) is 7.34. The van der Waals surface area contributed by atoms with E-state index in [4.69, 9.17) is 9.68 Å². The van der Waals surface area contributed by atoms with Crippen LogP contribution in [0.4, 0.5) is 0 Å². The van der Waals surface area contributed by atoms with Gasteiger partial charge in [-0.15, -0.1) is 9.29 Å². The van der Waals surface area contributed by atoms with Gasteiger partial charge >= 0.3 is 11.9 Å². The molecule has 0 N–H and O–H groups in total. The number of benzene rings is 1. The van der Waals surface area contributed by atoms with Crippen LogP contribution >= 0.6 is 0 Å². The molecule has 0 amide bonds. The van der Waals surface area contributed by atoms with Crippen molar-refractivity contribution in [2.75, 3.05) is 41.3 Å². The monoisotopic (exact) mass is 310 g/mol. The molecule has 0 aliphatic rings. The van der Waals surface area contributed by atoms with E-state index >= 15 is 0 Å². The minimum atomic E-state index is -0.541. The molecule has 0 radical (unpaired) electrons. The molecule has 0 spiro atoms. The van der Waals surface area contributed by atoms with Gasteiger partial charge in [0.05, 0.1) is 11.1 Å². The van der Waals surface area contributed by atoms with Gasteiger partial charge in [-0.3, -0.25) is 9.68 Å². The van der Waals surface area contributed by atoms with Crippen molar-refractivity contribution in [1.82, 2.24) is 0 Å². The molecule has 0 saturated carbocycles. The fourth-order valence-electron chi connectivity index (χ4n) is 1.52. The van der Waals surface area contributed by atoms with Gasteiger partial charge in [-0.05, 0) is 26.0 Å². The lowest BCUT2D eigenvalue weighted by molar-refractivity contribution is -1.06. The zero-order valence-electron chi connectivity index (χ0n) is 14.3. The average molecular weight is 310 g/mol. The maximum absolute atomic E-state index is 12.3. The Labute approximate surface area is 131 Å². The molecular formula is C16H26N2O4+2. The fraction of sp³-hybridized carbons (Fsp3) is 0.500. The summed E-state index contributed by atoms with van der Waals surface area (Å²) in [6, 6.07) is 6.53. The number of quaternary nitrogens is 2. The zero-order valence-corrected chi connectivity index (χ0v) is 14.3. The van der Waals surface area contributed by atoms with Crippen molar-refractivity contribution < 1.29 is 28.6 Å². The zero-order chi connectivity index (χ0) is 17.0. The summed E-state index contributed by atoms with van der Waals surface area (Å²) in [7, 11) is 7.09. The first-order chi connectivity index (χ1) is 10.1. The van der Waals surface area contributed by atoms with E-state index in [1.165, 1.54) is 0 Å². The number of hydrogen-bond acceptors (Lipinski definition) is 4. The molecule has 0 saturated heterocycles. The van der Waals surface area contributed by atoms with Crippen LogP contribution in [0.15, 0.2) is 24.3 Å². The highest BCUT2D eigenvalue weighted by atomic mass is 16.7. The fourth-order valence-corrected chi connectivity index (χ4v) is 1.52. The van der Waals surface area contributed by atoms with Crippen molar-refractivity contribution in [3.05, 3.63) is 35.4 Å². The van der Waals surface area contributed by atoms with Crippen LogP contribution in [0.3, 0.4) is 0 Å². The van der Waals surface area contributed by atoms with E-state index in [9.17, 15) is 9.59 Å². The highest BCUT2D eigenvalue weighted by Crippen LogP contribution is 2.15. The van der Waals surface area contributed by atoms with Crippen LogP contribution in [0, 0.1) is 0 Å². The van der Waals surface area contributed by atoms with E-state index in [-0.39, 0.29) is 20.4 Å². The molecule has 0 bridgehead atoms. The number of hydroxylamine groups is 6. The molecule has 0 aliphatic carbocycles. The van der Waals surface area contributed by atoms with Crippen LogP contribution in [-0.4, -0.2) is 62.5 Å². The van der Waals surface area contributed by atoms with Crippen LogP contribution in [0.1, 0.15) is 34.6 Å². The van der Waals surface area contributed by atoms with Crippen molar-refractivity contribution in [3.8, 4) is 0 Å². The Kier molecular flexibility index (Phi) is 5.68. The van der Waals surface area contributed by atoms with Gasteiger partial charge in [0.1, 0.15) is 41.3 Å². The number of rotatable bonds is 6. The maximum atomic E-state index is 12.3. The molecule has 0 aromatic heterocycles. The second kappa shape index (κ2) is 6.89. The minimum absolute atomic E-state index is 0.0821. The average Bonchev–Trinajstić information content (AvgIpc) is 2.46. The molecule has 6 nitrogen and oxygen atoms in total. The summed E-state index contributed by atoms with van der Waals surface area (Å²) < 4.78 is 0.164. The van der Waals surface area contributed by atoms with E-state index in [0.29, 0.717) is 13.1 Å². The first kappa shape index (κ1) is 18.1. The summed E-state index contributed by atoms with van der Waals surface area (Å²) in [4.78, 5) is 35.5. The van der Waals surface area contributed by atoms with Gasteiger partial charge < -0.3 is 0 Å². The van der Waals surface area contributed by atoms with E-state index < -0.39 is 11.9 Å². The van der Waals surface area contributed by atoms with Gasteiger partial charge in [0, 0.05) is 0 Å². The lowest BCUT2D eigenvalue weighted by atomic mass is 10.1. The number of nitrogens with zero attached hydrogens (tertiary/aromatic N) is 2. The maximum Gasteiger partial charge on any atom is 0.398 e. The quantitative estimate of drug-likeness (QED) is 0.596. The van der Waals surface area contributed by atoms with Gasteiger partial charge in [0.2, 0.25) is 0 Å². The van der Waals surface area contributed by atoms with E-state index in [1.807, 2.05) is 13.8 Å². The van der Waals surface area contributed by atoms with Gasteiger partial charge in [0.25, 0.3) is 0 Å². The molecule has 22 heavy (non-hydrogen) atoms. The van der Waals surface area contributed by atoms with Crippen LogP contribution in [-0.2, 0) is 9.68 Å². The summed E-state index contributed by atoms with van der Waals surface area (Å²) in [5, 5.41) is 0. The van der Waals surface area contributed by atoms with Crippen LogP contribution in [0.2, 0.25) is 0 Å². The van der Waals surface area contributed by atoms with Gasteiger partial charge in [-0.25, -0.2) is 9.59 Å². The van der Waals surface area contributed by atoms with Crippen molar-refractivity contribution >= 4 is 11.9 Å². The Balaban J connectivity index is 3.04. The third-order valence-corrected chi connectivity index (χ3v) is 3.55. The van der Waals surface area contributed by atoms with Crippen molar-refractivity contribution in [3.63, 3.8) is 0 Å². The van der Waals surface area contributed by atoms with Crippen LogP contribution in [0.5, 0.6) is 0 Å². The lowest BCUT2D eigenvalue weighted by Gasteiger charge is -2.26. The summed E-state index contributed by atoms with van der Waals surface area (Å²) in [6.45, 7) is 5.07. The van der Waals surface area contributed by atoms with Crippen LogP contribution < -0.4 is 0 Å². The third kappa shape index (κ3) is 4.82. The Hall–Kier alpha value is -1.92. The first-order valence-corrected chi connectivity index (χ1v) is 7.34. The van der Waals surface area contributed by atoms with Gasteiger partial charge in [0.15, 0.2) is 0 Å². The predicted octanol–water partition coefficient (Wildman–Crippen LogP) is 2.02. The van der Waals surface area contributed by atoms with E-state index in [2.05, 4.69) is 0 Å². The summed E-state index contributed by atoms with van der Waals surface area (Å²) in [5.41, 5.74) is 0.423. The normalized spacial score (nSPS) is 11.9. The van der Waals surface area contributed by atoms with Gasteiger partial charge in [-0.2, -0.15) is 0 Å². The third-order valence-electron chi connectivity index (χ3n) is 3.55. The molecule has 6 heteroatoms. The second-order valence-electron chi connectivity index (χ2n) is 6.08. The van der Waals surface area contributed by atoms with E-state index in [1.54, 1.807) is 52.5 Å². The van der Waals surface area contributed by atoms with Crippen LogP contribution in [0.25, 0.3) is 0 Å². The Morgan fingerprint density at radius 2 is 1.14 bits per heavy atom. The number of carbonyl (C=O) groups excluding carboxylic acids is 2. The summed E-state index contributed by atoms with van der Waals surface area (Å²) in [5.74, 6) is -1.08. The Morgan fingerprint density at radius 1 is 0.818 bits per heavy atom. The molecule has 0 atom stereocenters. The summed E-state index contributed by atoms with van der Waals surface area (Å²) >= 11 is 0. The molecular weight excluding hydrogens is 284 g/mol. The Morgan fingerprint density at radius 3 is 1.41 bits per heavy atom. The predicted molar refractivity (Wildman–Crippen MR) is 82.6 cm³/mol. The largest absolute Gasteiger partial charge is 0.398 e. The molecule has 0 fully saturated rings. The number of carbonyl (C=O) groups is 2. The highest BCUT2D eigenvalue weighted by Gasteiger charge is 2.29. The molecule has 1 rings (SSSR count). The highest BCUT2D eigenvalue weighted by molar-refractivity contribution is 6.02. The Bertz CT molecular complexity index is 504. The molecule has 0 unspecified atom stereocenters. The standard InChI is InChI=1S/C16H26N2O4/c1-7-17(3,4)21-15(19)13-11-9-10-12-14(13)16(20)22-18(5,6)8-2/h9-12H,7-8H2,1-6H3/q+2. The topological polar surface area (TPSA) is 52.6 Å². The van der Waals surface area contributed by atoms with Crippen molar-refractivity contribution in [1.29, 1.82) is 0 Å². The van der Waals surface area contributed by atoms with Crippen molar-refractivity contribution in [2.45, 2.75) is 13.8 Å². The SMILES string of the molecule is CC[N+](C)(C)OC(=O)c1ccccc1C(=O)O[N+](C)(C)CC. The molecule has 122 valence electrons. The minimum Gasteiger partial charge on any atom is -0.272 e. The number of hydrogen-bond donors (Lipinski definition) is 0. The van der Waals surface area contributed by atoms with E-state index in [0.717, 1.165) is 0 Å². The smallest absolute Gasteiger partial charge is 0.272 e. The summed E-state index contributed by atoms with van der Waals surface area (Å²) in [6.07, 6.45) is 0. The molecule has 0 heterocycles.